The molecular weight excluding hydrogens is 362 g/mol. The number of thiocarbonyl (C=S) groups is 1. The van der Waals surface area contributed by atoms with Gasteiger partial charge in [0.25, 0.3) is 0 Å². The lowest BCUT2D eigenvalue weighted by molar-refractivity contribution is 0.114. The van der Waals surface area contributed by atoms with Gasteiger partial charge in [0, 0.05) is 13.2 Å². The summed E-state index contributed by atoms with van der Waals surface area (Å²) < 4.78 is 14.7. The molecule has 1 atom stereocenters. The van der Waals surface area contributed by atoms with Gasteiger partial charge in [-0.3, -0.25) is 10.7 Å². The van der Waals surface area contributed by atoms with E-state index in [2.05, 4.69) is 25.5 Å². The smallest absolute Gasteiger partial charge is 0.412 e. The minimum atomic E-state index is -0.512. The molecule has 0 unspecified atom stereocenters. The summed E-state index contributed by atoms with van der Waals surface area (Å²) in [6.07, 6.45) is 1.82. The van der Waals surface area contributed by atoms with E-state index in [0.29, 0.717) is 29.0 Å². The Hall–Kier alpha value is -1.78. The number of amides is 1. The minimum absolute atomic E-state index is 0.202. The van der Waals surface area contributed by atoms with Gasteiger partial charge in [0.05, 0.1) is 29.7 Å². The highest BCUT2D eigenvalue weighted by Crippen LogP contribution is 2.25. The number of carbonyl (C=O) groups is 1. The van der Waals surface area contributed by atoms with Crippen LogP contribution in [-0.4, -0.2) is 47.2 Å². The molecule has 3 N–H and O–H groups in total. The molecule has 1 aliphatic heterocycles. The van der Waals surface area contributed by atoms with Gasteiger partial charge in [0.1, 0.15) is 5.00 Å². The number of nitrogens with one attached hydrogen (secondary N) is 3. The van der Waals surface area contributed by atoms with Gasteiger partial charge >= 0.3 is 6.09 Å². The quantitative estimate of drug-likeness (QED) is 0.393. The van der Waals surface area contributed by atoms with Crippen LogP contribution in [0.5, 0.6) is 0 Å². The Bertz CT molecular complexity index is 641. The fourth-order valence-corrected chi connectivity index (χ4v) is 3.35. The first-order valence-corrected chi connectivity index (χ1v) is 9.29. The second-order valence-corrected chi connectivity index (χ2v) is 6.65. The van der Waals surface area contributed by atoms with Gasteiger partial charge in [-0.2, -0.15) is 9.47 Å². The topological polar surface area (TPSA) is 96.9 Å². The number of rotatable bonds is 6. The normalized spacial score (nSPS) is 17.2. The summed E-state index contributed by atoms with van der Waals surface area (Å²) in [7, 11) is 0. The number of aryl methyl sites for hydroxylation is 1. The van der Waals surface area contributed by atoms with E-state index >= 15 is 0 Å². The SMILES string of the molecule is CCOC(=O)Nc1snc(C)c1/C(C)=N/NC(=S)NC[C@H]1CCCO1. The molecule has 2 heterocycles. The predicted molar refractivity (Wildman–Crippen MR) is 102 cm³/mol. The van der Waals surface area contributed by atoms with Crippen molar-refractivity contribution in [2.24, 2.45) is 5.10 Å². The van der Waals surface area contributed by atoms with Crippen molar-refractivity contribution in [2.75, 3.05) is 25.1 Å². The van der Waals surface area contributed by atoms with Crippen molar-refractivity contribution in [3.63, 3.8) is 0 Å². The molecule has 8 nitrogen and oxygen atoms in total. The Balaban J connectivity index is 1.93. The Morgan fingerprint density at radius 3 is 3.04 bits per heavy atom. The monoisotopic (exact) mass is 385 g/mol. The Kier molecular flexibility index (Phi) is 7.53. The first-order chi connectivity index (χ1) is 12.0. The first-order valence-electron chi connectivity index (χ1n) is 8.11. The minimum Gasteiger partial charge on any atom is -0.450 e. The van der Waals surface area contributed by atoms with Gasteiger partial charge < -0.3 is 14.8 Å². The molecule has 1 saturated heterocycles. The predicted octanol–water partition coefficient (Wildman–Crippen LogP) is 2.39. The molecule has 25 heavy (non-hydrogen) atoms. The van der Waals surface area contributed by atoms with E-state index in [-0.39, 0.29) is 6.10 Å². The van der Waals surface area contributed by atoms with E-state index in [1.54, 1.807) is 6.92 Å². The molecular formula is C15H23N5O3S2. The van der Waals surface area contributed by atoms with Crippen molar-refractivity contribution in [1.82, 2.24) is 15.1 Å². The zero-order valence-electron chi connectivity index (χ0n) is 14.5. The maximum absolute atomic E-state index is 11.6. The molecule has 138 valence electrons. The highest BCUT2D eigenvalue weighted by Gasteiger charge is 2.17. The van der Waals surface area contributed by atoms with Crippen molar-refractivity contribution in [3.05, 3.63) is 11.3 Å². The Morgan fingerprint density at radius 1 is 1.56 bits per heavy atom. The molecule has 0 radical (unpaired) electrons. The molecule has 10 heteroatoms. The number of anilines is 1. The fraction of sp³-hybridized carbons (Fsp3) is 0.600. The average molecular weight is 386 g/mol. The Morgan fingerprint density at radius 2 is 2.36 bits per heavy atom. The largest absolute Gasteiger partial charge is 0.450 e. The molecule has 1 aromatic heterocycles. The lowest BCUT2D eigenvalue weighted by Gasteiger charge is -2.12. The first kappa shape index (κ1) is 19.5. The molecule has 2 rings (SSSR count). The van der Waals surface area contributed by atoms with Crippen LogP contribution in [0.15, 0.2) is 5.10 Å². The van der Waals surface area contributed by atoms with Crippen LogP contribution in [0.1, 0.15) is 37.9 Å². The number of hydrogen-bond acceptors (Lipinski definition) is 7. The van der Waals surface area contributed by atoms with E-state index in [4.69, 9.17) is 21.7 Å². The highest BCUT2D eigenvalue weighted by molar-refractivity contribution is 7.80. The zero-order chi connectivity index (χ0) is 18.2. The van der Waals surface area contributed by atoms with E-state index < -0.39 is 6.09 Å². The molecule has 1 amide bonds. The molecule has 1 aliphatic rings. The summed E-state index contributed by atoms with van der Waals surface area (Å²) in [5.41, 5.74) is 5.01. The summed E-state index contributed by atoms with van der Waals surface area (Å²) in [4.78, 5) is 11.6. The fourth-order valence-electron chi connectivity index (χ4n) is 2.38. The second kappa shape index (κ2) is 9.64. The van der Waals surface area contributed by atoms with Crippen molar-refractivity contribution < 1.29 is 14.3 Å². The highest BCUT2D eigenvalue weighted by atomic mass is 32.1. The summed E-state index contributed by atoms with van der Waals surface area (Å²) in [6, 6.07) is 0. The molecule has 0 aromatic carbocycles. The number of aromatic nitrogens is 1. The molecule has 0 aliphatic carbocycles. The lowest BCUT2D eigenvalue weighted by atomic mass is 10.2. The van der Waals surface area contributed by atoms with E-state index in [1.807, 2.05) is 13.8 Å². The van der Waals surface area contributed by atoms with Crippen molar-refractivity contribution in [3.8, 4) is 0 Å². The van der Waals surface area contributed by atoms with E-state index in [1.165, 1.54) is 11.5 Å². The van der Waals surface area contributed by atoms with Crippen molar-refractivity contribution in [1.29, 1.82) is 0 Å². The number of ether oxygens (including phenoxy) is 2. The van der Waals surface area contributed by atoms with Crippen molar-refractivity contribution >= 4 is 45.7 Å². The third-order valence-electron chi connectivity index (χ3n) is 3.55. The number of nitrogens with zero attached hydrogens (tertiary/aromatic N) is 2. The van der Waals surface area contributed by atoms with Gasteiger partial charge in [0.15, 0.2) is 5.11 Å². The van der Waals surface area contributed by atoms with Crippen molar-refractivity contribution in [2.45, 2.75) is 39.7 Å². The Labute approximate surface area is 156 Å². The number of hydrazone groups is 1. The van der Waals surface area contributed by atoms with Gasteiger partial charge in [0.2, 0.25) is 0 Å². The summed E-state index contributed by atoms with van der Waals surface area (Å²) in [5.74, 6) is 0. The molecule has 0 saturated carbocycles. The van der Waals surface area contributed by atoms with Crippen LogP contribution in [0.3, 0.4) is 0 Å². The zero-order valence-corrected chi connectivity index (χ0v) is 16.2. The third kappa shape index (κ3) is 5.91. The van der Waals surface area contributed by atoms with E-state index in [0.717, 1.165) is 30.7 Å². The van der Waals surface area contributed by atoms with Crippen LogP contribution in [0.2, 0.25) is 0 Å². The van der Waals surface area contributed by atoms with Gasteiger partial charge in [-0.05, 0) is 57.4 Å². The van der Waals surface area contributed by atoms with E-state index in [9.17, 15) is 4.79 Å². The average Bonchev–Trinajstić information content (AvgIpc) is 3.21. The number of carbonyl (C=O) groups excluding carboxylic acids is 1. The van der Waals surface area contributed by atoms with Crippen LogP contribution in [0.25, 0.3) is 0 Å². The molecule has 0 spiro atoms. The van der Waals surface area contributed by atoms with Crippen LogP contribution in [0, 0.1) is 6.92 Å². The van der Waals surface area contributed by atoms with Gasteiger partial charge in [-0.25, -0.2) is 4.79 Å². The van der Waals surface area contributed by atoms with Gasteiger partial charge in [-0.1, -0.05) is 0 Å². The molecule has 1 fully saturated rings. The third-order valence-corrected chi connectivity index (χ3v) is 4.64. The van der Waals surface area contributed by atoms with Crippen LogP contribution in [-0.2, 0) is 9.47 Å². The van der Waals surface area contributed by atoms with Crippen LogP contribution >= 0.6 is 23.8 Å². The maximum Gasteiger partial charge on any atom is 0.412 e. The van der Waals surface area contributed by atoms with Crippen LogP contribution in [0.4, 0.5) is 9.80 Å². The summed E-state index contributed by atoms with van der Waals surface area (Å²) in [6.45, 7) is 7.20. The second-order valence-electron chi connectivity index (χ2n) is 5.47. The maximum atomic E-state index is 11.6. The molecule has 1 aromatic rings. The molecule has 0 bridgehead atoms. The van der Waals surface area contributed by atoms with Gasteiger partial charge in [-0.15, -0.1) is 0 Å². The summed E-state index contributed by atoms with van der Waals surface area (Å²) in [5, 5.41) is 11.1. The standard InChI is InChI=1S/C15H23N5O3S2/c1-4-22-15(21)17-13-12(10(3)20-25-13)9(2)18-19-14(24)16-8-11-6-5-7-23-11/h11H,4-8H2,1-3H3,(H,17,21)(H2,16,19,24)/b18-9+/t11-/m1/s1. The lowest BCUT2D eigenvalue weighted by Crippen LogP contribution is -2.37. The summed E-state index contributed by atoms with van der Waals surface area (Å²) >= 11 is 6.40. The van der Waals surface area contributed by atoms with Crippen LogP contribution < -0.4 is 16.1 Å². The number of hydrogen-bond donors (Lipinski definition) is 3.